The molecule has 0 atom stereocenters. The molecule has 0 fully saturated rings. The number of likely N-dealkylation sites (N-methyl/N-ethyl adjacent to an activating group) is 1. The molecule has 0 spiro atoms. The summed E-state index contributed by atoms with van der Waals surface area (Å²) in [5.41, 5.74) is -0.772. The number of aromatic nitrogens is 2. The maximum Gasteiger partial charge on any atom is 0.135 e. The molecule has 0 saturated carbocycles. The molecule has 1 N–H and O–H groups in total. The molecule has 1 heterocycles. The second-order valence-electron chi connectivity index (χ2n) is 5.39. The molecule has 0 aliphatic heterocycles. The molecule has 102 valence electrons. The third-order valence-electron chi connectivity index (χ3n) is 2.50. The van der Waals surface area contributed by atoms with Crippen molar-refractivity contribution in [2.45, 2.75) is 46.1 Å². The van der Waals surface area contributed by atoms with Crippen LogP contribution in [0.3, 0.4) is 0 Å². The first-order valence-electron chi connectivity index (χ1n) is 6.24. The van der Waals surface area contributed by atoms with E-state index in [1.165, 1.54) is 0 Å². The predicted molar refractivity (Wildman–Crippen MR) is 75.3 cm³/mol. The summed E-state index contributed by atoms with van der Waals surface area (Å²) in [6.07, 6.45) is 0. The highest BCUT2D eigenvalue weighted by Crippen LogP contribution is 2.21. The topological polar surface area (TPSA) is 49.2 Å². The van der Waals surface area contributed by atoms with E-state index in [1.807, 2.05) is 25.7 Å². The summed E-state index contributed by atoms with van der Waals surface area (Å²) in [6, 6.07) is 1.74. The molecule has 0 bridgehead atoms. The second kappa shape index (κ2) is 5.85. The molecule has 5 heteroatoms. The van der Waals surface area contributed by atoms with Gasteiger partial charge in [-0.3, -0.25) is 0 Å². The molecular formula is C13H22ClN3O. The largest absolute Gasteiger partial charge is 0.389 e. The van der Waals surface area contributed by atoms with Crippen LogP contribution in [-0.2, 0) is 0 Å². The number of hydrogen-bond donors (Lipinski definition) is 1. The van der Waals surface area contributed by atoms with E-state index in [9.17, 15) is 5.11 Å². The summed E-state index contributed by atoms with van der Waals surface area (Å²) in [7, 11) is 0. The average molecular weight is 272 g/mol. The van der Waals surface area contributed by atoms with Crippen LogP contribution in [-0.4, -0.2) is 33.8 Å². The van der Waals surface area contributed by atoms with E-state index >= 15 is 0 Å². The molecule has 0 radical (unpaired) electrons. The molecule has 0 amide bonds. The first kappa shape index (κ1) is 15.2. The van der Waals surface area contributed by atoms with Gasteiger partial charge in [0.05, 0.1) is 5.60 Å². The van der Waals surface area contributed by atoms with Gasteiger partial charge in [0.1, 0.15) is 16.8 Å². The molecule has 0 aliphatic rings. The van der Waals surface area contributed by atoms with Crippen molar-refractivity contribution in [1.82, 2.24) is 9.97 Å². The lowest BCUT2D eigenvalue weighted by atomic mass is 10.1. The quantitative estimate of drug-likeness (QED) is 0.837. The molecule has 4 nitrogen and oxygen atoms in total. The van der Waals surface area contributed by atoms with Crippen LogP contribution in [0.2, 0.25) is 5.15 Å². The zero-order valence-electron chi connectivity index (χ0n) is 11.7. The lowest BCUT2D eigenvalue weighted by Gasteiger charge is -2.29. The Bertz CT molecular complexity index is 402. The van der Waals surface area contributed by atoms with Crippen LogP contribution in [0.15, 0.2) is 6.07 Å². The number of nitrogens with zero attached hydrogens (tertiary/aromatic N) is 3. The summed E-state index contributed by atoms with van der Waals surface area (Å²) in [5.74, 6) is 1.72. The summed E-state index contributed by atoms with van der Waals surface area (Å²) in [4.78, 5) is 10.7. The van der Waals surface area contributed by atoms with Crippen LogP contribution in [0, 0.1) is 0 Å². The molecule has 18 heavy (non-hydrogen) atoms. The Balaban J connectivity index is 3.05. The summed E-state index contributed by atoms with van der Waals surface area (Å²) < 4.78 is 0. The maximum absolute atomic E-state index is 9.91. The normalized spacial score (nSPS) is 12.0. The lowest BCUT2D eigenvalue weighted by Crippen LogP contribution is -2.39. The SMILES string of the molecule is CCN(CC(C)(C)O)c1cc(Cl)nc(C(C)C)n1. The Labute approximate surface area is 114 Å². The van der Waals surface area contributed by atoms with Crippen molar-refractivity contribution in [3.05, 3.63) is 17.0 Å². The van der Waals surface area contributed by atoms with E-state index in [2.05, 4.69) is 9.97 Å². The van der Waals surface area contributed by atoms with Crippen LogP contribution in [0.4, 0.5) is 5.82 Å². The van der Waals surface area contributed by atoms with Crippen LogP contribution in [0.1, 0.15) is 46.4 Å². The zero-order valence-corrected chi connectivity index (χ0v) is 12.5. The van der Waals surface area contributed by atoms with Gasteiger partial charge < -0.3 is 10.0 Å². The second-order valence-corrected chi connectivity index (χ2v) is 5.78. The van der Waals surface area contributed by atoms with Crippen molar-refractivity contribution in [3.63, 3.8) is 0 Å². The Morgan fingerprint density at radius 1 is 1.39 bits per heavy atom. The fourth-order valence-corrected chi connectivity index (χ4v) is 1.85. The molecule has 0 aliphatic carbocycles. The van der Waals surface area contributed by atoms with Gasteiger partial charge in [0, 0.05) is 25.1 Å². The molecular weight excluding hydrogens is 250 g/mol. The van der Waals surface area contributed by atoms with Crippen molar-refractivity contribution >= 4 is 17.4 Å². The van der Waals surface area contributed by atoms with E-state index in [0.29, 0.717) is 11.7 Å². The van der Waals surface area contributed by atoms with Crippen LogP contribution in [0.5, 0.6) is 0 Å². The Kier molecular flexibility index (Phi) is 4.93. The van der Waals surface area contributed by atoms with E-state index < -0.39 is 5.60 Å². The minimum absolute atomic E-state index is 0.225. The lowest BCUT2D eigenvalue weighted by molar-refractivity contribution is 0.0874. The smallest absolute Gasteiger partial charge is 0.135 e. The molecule has 0 aromatic carbocycles. The van der Waals surface area contributed by atoms with Crippen molar-refractivity contribution < 1.29 is 5.11 Å². The molecule has 1 rings (SSSR count). The molecule has 1 aromatic heterocycles. The maximum atomic E-state index is 9.91. The highest BCUT2D eigenvalue weighted by molar-refractivity contribution is 6.29. The van der Waals surface area contributed by atoms with Gasteiger partial charge in [-0.15, -0.1) is 0 Å². The monoisotopic (exact) mass is 271 g/mol. The van der Waals surface area contributed by atoms with Gasteiger partial charge in [-0.1, -0.05) is 25.4 Å². The summed E-state index contributed by atoms with van der Waals surface area (Å²) in [6.45, 7) is 10.9. The summed E-state index contributed by atoms with van der Waals surface area (Å²) in [5, 5.41) is 10.4. The van der Waals surface area contributed by atoms with Gasteiger partial charge >= 0.3 is 0 Å². The van der Waals surface area contributed by atoms with Gasteiger partial charge in [-0.25, -0.2) is 9.97 Å². The number of anilines is 1. The standard InChI is InChI=1S/C13H22ClN3O/c1-6-17(8-13(4,5)18)11-7-10(14)15-12(16-11)9(2)3/h7,9,18H,6,8H2,1-5H3. The van der Waals surface area contributed by atoms with Crippen molar-refractivity contribution in [3.8, 4) is 0 Å². The van der Waals surface area contributed by atoms with Gasteiger partial charge in [-0.2, -0.15) is 0 Å². The highest BCUT2D eigenvalue weighted by Gasteiger charge is 2.19. The molecule has 1 aromatic rings. The van der Waals surface area contributed by atoms with Gasteiger partial charge in [-0.05, 0) is 20.8 Å². The van der Waals surface area contributed by atoms with E-state index in [1.54, 1.807) is 19.9 Å². The van der Waals surface area contributed by atoms with E-state index in [0.717, 1.165) is 18.2 Å². The predicted octanol–water partition coefficient (Wildman–Crippen LogP) is 2.85. The zero-order chi connectivity index (χ0) is 13.9. The first-order chi connectivity index (χ1) is 8.23. The third kappa shape index (κ3) is 4.42. The van der Waals surface area contributed by atoms with Crippen LogP contribution >= 0.6 is 11.6 Å². The highest BCUT2D eigenvalue weighted by atomic mass is 35.5. The van der Waals surface area contributed by atoms with E-state index in [-0.39, 0.29) is 5.92 Å². The van der Waals surface area contributed by atoms with Crippen LogP contribution < -0.4 is 4.90 Å². The Morgan fingerprint density at radius 2 is 2.00 bits per heavy atom. The van der Waals surface area contributed by atoms with Crippen molar-refractivity contribution in [1.29, 1.82) is 0 Å². The number of halogens is 1. The Morgan fingerprint density at radius 3 is 2.44 bits per heavy atom. The van der Waals surface area contributed by atoms with Crippen molar-refractivity contribution in [2.24, 2.45) is 0 Å². The minimum atomic E-state index is -0.772. The minimum Gasteiger partial charge on any atom is -0.389 e. The average Bonchev–Trinajstić information content (AvgIpc) is 2.23. The number of hydrogen-bond acceptors (Lipinski definition) is 4. The third-order valence-corrected chi connectivity index (χ3v) is 2.69. The summed E-state index contributed by atoms with van der Waals surface area (Å²) >= 11 is 6.03. The number of rotatable bonds is 5. The first-order valence-corrected chi connectivity index (χ1v) is 6.62. The fraction of sp³-hybridized carbons (Fsp3) is 0.692. The molecule has 0 unspecified atom stereocenters. The van der Waals surface area contributed by atoms with Gasteiger partial charge in [0.2, 0.25) is 0 Å². The Hall–Kier alpha value is -0.870. The van der Waals surface area contributed by atoms with Gasteiger partial charge in [0.25, 0.3) is 0 Å². The van der Waals surface area contributed by atoms with Crippen LogP contribution in [0.25, 0.3) is 0 Å². The van der Waals surface area contributed by atoms with Crippen molar-refractivity contribution in [2.75, 3.05) is 18.0 Å². The number of aliphatic hydroxyl groups is 1. The van der Waals surface area contributed by atoms with E-state index in [4.69, 9.17) is 11.6 Å². The van der Waals surface area contributed by atoms with Gasteiger partial charge in [0.15, 0.2) is 0 Å². The molecule has 0 saturated heterocycles. The fourth-order valence-electron chi connectivity index (χ4n) is 1.66.